The second kappa shape index (κ2) is 9.87. The van der Waals surface area contributed by atoms with Crippen LogP contribution in [0.25, 0.3) is 0 Å². The van der Waals surface area contributed by atoms with Crippen molar-refractivity contribution in [3.8, 4) is 5.75 Å². The Morgan fingerprint density at radius 3 is 2.86 bits per heavy atom. The summed E-state index contributed by atoms with van der Waals surface area (Å²) < 4.78 is 25.2. The van der Waals surface area contributed by atoms with Crippen LogP contribution in [0.5, 0.6) is 5.75 Å². The lowest BCUT2D eigenvalue weighted by Crippen LogP contribution is -2.43. The molecule has 0 radical (unpaired) electrons. The predicted octanol–water partition coefficient (Wildman–Crippen LogP) is 4.15. The third-order valence-electron chi connectivity index (χ3n) is 4.70. The zero-order valence-corrected chi connectivity index (χ0v) is 17.4. The molecule has 0 aromatic heterocycles. The molecule has 0 spiro atoms. The highest BCUT2D eigenvalue weighted by atomic mass is 35.5. The average Bonchev–Trinajstić information content (AvgIpc) is 2.69. The van der Waals surface area contributed by atoms with E-state index < -0.39 is 18.0 Å². The number of nitrogens with zero attached hydrogens (tertiary/aromatic N) is 1. The Labute approximate surface area is 178 Å². The van der Waals surface area contributed by atoms with Gasteiger partial charge >= 0.3 is 0 Å². The van der Waals surface area contributed by atoms with Crippen LogP contribution in [0.3, 0.4) is 0 Å². The van der Waals surface area contributed by atoms with E-state index in [2.05, 4.69) is 0 Å². The number of halogens is 3. The van der Waals surface area contributed by atoms with Crippen LogP contribution < -0.4 is 4.74 Å². The summed E-state index contributed by atoms with van der Waals surface area (Å²) in [6, 6.07) is 9.58. The van der Waals surface area contributed by atoms with Gasteiger partial charge in [0.2, 0.25) is 0 Å². The number of β-amino-alcohol motifs (C(OH)–C–C–N with tert-alkyl or cyclic N) is 1. The highest BCUT2D eigenvalue weighted by Crippen LogP contribution is 2.32. The number of aliphatic hydroxyl groups is 1. The summed E-state index contributed by atoms with van der Waals surface area (Å²) >= 11 is 12.0. The highest BCUT2D eigenvalue weighted by molar-refractivity contribution is 6.35. The molecular formula is C21H22Cl2FNO4. The van der Waals surface area contributed by atoms with E-state index in [1.807, 2.05) is 4.90 Å². The highest BCUT2D eigenvalue weighted by Gasteiger charge is 2.26. The number of ketones is 1. The van der Waals surface area contributed by atoms with Crippen molar-refractivity contribution >= 4 is 29.0 Å². The second-order valence-electron chi connectivity index (χ2n) is 6.92. The first kappa shape index (κ1) is 22.0. The molecule has 2 aromatic rings. The summed E-state index contributed by atoms with van der Waals surface area (Å²) in [5, 5.41) is 10.7. The third-order valence-corrected chi connectivity index (χ3v) is 5.32. The number of rotatable bonds is 7. The van der Waals surface area contributed by atoms with Crippen LogP contribution in [-0.4, -0.2) is 54.7 Å². The molecule has 0 amide bonds. The molecule has 2 aromatic carbocycles. The minimum Gasteiger partial charge on any atom is -0.490 e. The largest absolute Gasteiger partial charge is 0.490 e. The van der Waals surface area contributed by atoms with Crippen LogP contribution >= 0.6 is 23.2 Å². The predicted molar refractivity (Wildman–Crippen MR) is 110 cm³/mol. The monoisotopic (exact) mass is 441 g/mol. The molecule has 1 heterocycles. The summed E-state index contributed by atoms with van der Waals surface area (Å²) in [5.74, 6) is -0.204. The first-order chi connectivity index (χ1) is 13.8. The summed E-state index contributed by atoms with van der Waals surface area (Å²) in [6.45, 7) is 3.34. The maximum atomic E-state index is 13.8. The van der Waals surface area contributed by atoms with Crippen molar-refractivity contribution in [3.63, 3.8) is 0 Å². The molecule has 3 rings (SSSR count). The zero-order valence-electron chi connectivity index (χ0n) is 15.9. The van der Waals surface area contributed by atoms with Crippen LogP contribution in [0.1, 0.15) is 28.9 Å². The lowest BCUT2D eigenvalue weighted by molar-refractivity contribution is -0.0460. The van der Waals surface area contributed by atoms with Crippen molar-refractivity contribution in [1.29, 1.82) is 0 Å². The minimum absolute atomic E-state index is 0.0372. The van der Waals surface area contributed by atoms with E-state index in [0.29, 0.717) is 48.1 Å². The van der Waals surface area contributed by atoms with Gasteiger partial charge in [0.05, 0.1) is 23.3 Å². The molecule has 0 aliphatic carbocycles. The number of Topliss-reactive ketones (excluding diaryl/α,β-unsaturated/α-hetero) is 1. The number of carbonyl (C=O) groups is 1. The van der Waals surface area contributed by atoms with Crippen LogP contribution in [0, 0.1) is 5.82 Å². The van der Waals surface area contributed by atoms with Crippen LogP contribution in [0.2, 0.25) is 10.0 Å². The van der Waals surface area contributed by atoms with Gasteiger partial charge in [0.25, 0.3) is 0 Å². The Kier molecular flexibility index (Phi) is 7.49. The first-order valence-corrected chi connectivity index (χ1v) is 10.00. The number of para-hydroxylation sites is 1. The Balaban J connectivity index is 1.58. The maximum absolute atomic E-state index is 13.8. The quantitative estimate of drug-likeness (QED) is 0.516. The zero-order chi connectivity index (χ0) is 21.0. The van der Waals surface area contributed by atoms with Crippen LogP contribution in [0.4, 0.5) is 4.39 Å². The van der Waals surface area contributed by atoms with Crippen molar-refractivity contribution in [1.82, 2.24) is 4.90 Å². The molecule has 8 heteroatoms. The van der Waals surface area contributed by atoms with Crippen molar-refractivity contribution < 1.29 is 23.8 Å². The molecule has 0 bridgehead atoms. The molecule has 1 aliphatic heterocycles. The maximum Gasteiger partial charge on any atom is 0.163 e. The van der Waals surface area contributed by atoms with Gasteiger partial charge in [-0.1, -0.05) is 35.3 Å². The SMILES string of the molecule is CC(=O)c1ccccc1OCC(O)CN1CCOC(c2cc(F)c(Cl)cc2Cl)C1. The van der Waals surface area contributed by atoms with Gasteiger partial charge in [0, 0.05) is 30.2 Å². The number of morpholine rings is 1. The summed E-state index contributed by atoms with van der Waals surface area (Å²) in [6.07, 6.45) is -1.19. The molecule has 1 saturated heterocycles. The molecule has 1 aliphatic rings. The molecular weight excluding hydrogens is 420 g/mol. The standard InChI is InChI=1S/C21H22Cl2FNO4/c1-13(26)15-4-2-3-5-20(15)29-12-14(27)10-25-6-7-28-21(11-25)16-8-19(24)18(23)9-17(16)22/h2-5,8-9,14,21,27H,6-7,10-12H2,1H3. The fraction of sp³-hybridized carbons (Fsp3) is 0.381. The van der Waals surface area contributed by atoms with Crippen molar-refractivity contribution in [2.45, 2.75) is 19.1 Å². The van der Waals surface area contributed by atoms with E-state index in [1.165, 1.54) is 19.1 Å². The van der Waals surface area contributed by atoms with Crippen LogP contribution in [0.15, 0.2) is 36.4 Å². The van der Waals surface area contributed by atoms with E-state index in [1.54, 1.807) is 24.3 Å². The Hall–Kier alpha value is -1.70. The van der Waals surface area contributed by atoms with E-state index in [9.17, 15) is 14.3 Å². The number of aliphatic hydroxyl groups excluding tert-OH is 1. The Bertz CT molecular complexity index is 880. The Morgan fingerprint density at radius 1 is 1.34 bits per heavy atom. The number of hydrogen-bond acceptors (Lipinski definition) is 5. The van der Waals surface area contributed by atoms with E-state index in [0.717, 1.165) is 0 Å². The van der Waals surface area contributed by atoms with Gasteiger partial charge in [-0.3, -0.25) is 9.69 Å². The van der Waals surface area contributed by atoms with Gasteiger partial charge in [-0.15, -0.1) is 0 Å². The van der Waals surface area contributed by atoms with Gasteiger partial charge < -0.3 is 14.6 Å². The topological polar surface area (TPSA) is 59.0 Å². The third kappa shape index (κ3) is 5.68. The van der Waals surface area contributed by atoms with Gasteiger partial charge in [0.15, 0.2) is 5.78 Å². The van der Waals surface area contributed by atoms with Gasteiger partial charge in [-0.05, 0) is 31.2 Å². The van der Waals surface area contributed by atoms with Crippen molar-refractivity contribution in [3.05, 3.63) is 63.4 Å². The number of benzene rings is 2. The van der Waals surface area contributed by atoms with E-state index in [4.69, 9.17) is 32.7 Å². The lowest BCUT2D eigenvalue weighted by Gasteiger charge is -2.34. The molecule has 1 N–H and O–H groups in total. The fourth-order valence-electron chi connectivity index (χ4n) is 3.26. The number of hydrogen-bond donors (Lipinski definition) is 1. The molecule has 1 fully saturated rings. The number of ether oxygens (including phenoxy) is 2. The normalized spacial score (nSPS) is 18.4. The van der Waals surface area contributed by atoms with Crippen LogP contribution in [-0.2, 0) is 4.74 Å². The smallest absolute Gasteiger partial charge is 0.163 e. The summed E-state index contributed by atoms with van der Waals surface area (Å²) in [5.41, 5.74) is 1.00. The minimum atomic E-state index is -0.772. The summed E-state index contributed by atoms with van der Waals surface area (Å²) in [7, 11) is 0. The lowest BCUT2D eigenvalue weighted by atomic mass is 10.1. The van der Waals surface area contributed by atoms with Gasteiger partial charge in [-0.25, -0.2) is 4.39 Å². The Morgan fingerprint density at radius 2 is 2.10 bits per heavy atom. The molecule has 5 nitrogen and oxygen atoms in total. The first-order valence-electron chi connectivity index (χ1n) is 9.24. The molecule has 0 saturated carbocycles. The molecule has 29 heavy (non-hydrogen) atoms. The van der Waals surface area contributed by atoms with Crippen molar-refractivity contribution in [2.24, 2.45) is 0 Å². The molecule has 2 unspecified atom stereocenters. The average molecular weight is 442 g/mol. The van der Waals surface area contributed by atoms with Gasteiger partial charge in [-0.2, -0.15) is 0 Å². The molecule has 2 atom stereocenters. The number of carbonyl (C=O) groups excluding carboxylic acids is 1. The van der Waals surface area contributed by atoms with Gasteiger partial charge in [0.1, 0.15) is 24.3 Å². The van der Waals surface area contributed by atoms with E-state index in [-0.39, 0.29) is 17.4 Å². The fourth-order valence-corrected chi connectivity index (χ4v) is 3.77. The van der Waals surface area contributed by atoms with Crippen molar-refractivity contribution in [2.75, 3.05) is 32.8 Å². The van der Waals surface area contributed by atoms with E-state index >= 15 is 0 Å². The summed E-state index contributed by atoms with van der Waals surface area (Å²) in [4.78, 5) is 13.7. The molecule has 156 valence electrons. The second-order valence-corrected chi connectivity index (χ2v) is 7.74.